The Hall–Kier alpha value is -7.17. The molecule has 0 saturated heterocycles. The fourth-order valence-electron chi connectivity index (χ4n) is 8.60. The van der Waals surface area contributed by atoms with Gasteiger partial charge in [-0.25, -0.2) is 15.0 Å². The Kier molecular flexibility index (Phi) is 6.73. The van der Waals surface area contributed by atoms with Gasteiger partial charge in [-0.2, -0.15) is 0 Å². The number of para-hydroxylation sites is 1. The molecule has 0 amide bonds. The summed E-state index contributed by atoms with van der Waals surface area (Å²) in [7, 11) is 0. The van der Waals surface area contributed by atoms with Crippen molar-refractivity contribution in [3.63, 3.8) is 0 Å². The van der Waals surface area contributed by atoms with E-state index in [1.165, 1.54) is 27.6 Å². The van der Waals surface area contributed by atoms with Crippen LogP contribution in [0.3, 0.4) is 0 Å². The number of benzene rings is 8. The second kappa shape index (κ2) is 11.9. The number of nitrogens with zero attached hydrogens (tertiary/aromatic N) is 3. The molecule has 11 rings (SSSR count). The zero-order chi connectivity index (χ0) is 35.6. The first-order valence-electron chi connectivity index (χ1n) is 18.3. The van der Waals surface area contributed by atoms with Gasteiger partial charge in [-0.3, -0.25) is 0 Å². The molecule has 1 aliphatic heterocycles. The normalized spacial score (nSPS) is 13.1. The zero-order valence-corrected chi connectivity index (χ0v) is 29.1. The minimum Gasteiger partial charge on any atom is -0.456 e. The van der Waals surface area contributed by atoms with E-state index in [1.54, 1.807) is 0 Å². The van der Waals surface area contributed by atoms with Crippen LogP contribution in [0.5, 0.6) is 11.5 Å². The molecule has 0 saturated carbocycles. The fraction of sp³-hybridized carbons (Fsp3) is 0.0200. The molecule has 8 aromatic carbocycles. The maximum Gasteiger partial charge on any atom is 0.167 e. The van der Waals surface area contributed by atoms with E-state index in [1.807, 2.05) is 36.4 Å². The second-order valence-corrected chi connectivity index (χ2v) is 13.9. The molecule has 0 fully saturated rings. The third kappa shape index (κ3) is 4.53. The monoisotopic (exact) mass is 689 g/mol. The summed E-state index contributed by atoms with van der Waals surface area (Å²) in [6.07, 6.45) is 0. The standard InChI is InChI=1S/C50H31N3O/c1-3-15-32(16-4-1)34-21-13-22-37(29-34)48-51-47(33-17-5-2-6-18-33)52-49(53-48)40-25-14-28-43-46(40)54-45-31-36-20-8-7-19-35(36)30-44(45)50(43)41-26-11-9-23-38(41)39-24-10-12-27-42(39)50/h1-31H. The largest absolute Gasteiger partial charge is 0.456 e. The van der Waals surface area contributed by atoms with Crippen LogP contribution in [0, 0.1) is 0 Å². The Bertz CT molecular complexity index is 2870. The predicted molar refractivity (Wildman–Crippen MR) is 216 cm³/mol. The molecule has 2 heterocycles. The lowest BCUT2D eigenvalue weighted by molar-refractivity contribution is 0.438. The number of hydrogen-bond acceptors (Lipinski definition) is 4. The molecule has 4 nitrogen and oxygen atoms in total. The highest BCUT2D eigenvalue weighted by Gasteiger charge is 2.51. The van der Waals surface area contributed by atoms with Gasteiger partial charge in [-0.15, -0.1) is 0 Å². The summed E-state index contributed by atoms with van der Waals surface area (Å²) >= 11 is 0. The second-order valence-electron chi connectivity index (χ2n) is 13.9. The zero-order valence-electron chi connectivity index (χ0n) is 29.1. The average Bonchev–Trinajstić information content (AvgIpc) is 3.54. The molecule has 0 radical (unpaired) electrons. The van der Waals surface area contributed by atoms with E-state index in [4.69, 9.17) is 19.7 Å². The van der Waals surface area contributed by atoms with Gasteiger partial charge < -0.3 is 4.74 Å². The van der Waals surface area contributed by atoms with Crippen LogP contribution in [-0.2, 0) is 5.41 Å². The molecular formula is C50H31N3O. The molecule has 9 aromatic rings. The highest BCUT2D eigenvalue weighted by atomic mass is 16.5. The Balaban J connectivity index is 1.19. The van der Waals surface area contributed by atoms with Gasteiger partial charge in [0.15, 0.2) is 17.5 Å². The summed E-state index contributed by atoms with van der Waals surface area (Å²) in [5, 5.41) is 2.30. The lowest BCUT2D eigenvalue weighted by atomic mass is 9.65. The van der Waals surface area contributed by atoms with Crippen LogP contribution in [0.2, 0.25) is 0 Å². The van der Waals surface area contributed by atoms with Crippen LogP contribution in [0.25, 0.3) is 67.2 Å². The Morgan fingerprint density at radius 2 is 0.833 bits per heavy atom. The quantitative estimate of drug-likeness (QED) is 0.185. The van der Waals surface area contributed by atoms with Gasteiger partial charge in [-0.1, -0.05) is 164 Å². The highest BCUT2D eigenvalue weighted by Crippen LogP contribution is 2.63. The number of aromatic nitrogens is 3. The molecule has 0 unspecified atom stereocenters. The topological polar surface area (TPSA) is 47.9 Å². The molecule has 4 heteroatoms. The summed E-state index contributed by atoms with van der Waals surface area (Å²) in [6.45, 7) is 0. The van der Waals surface area contributed by atoms with Gasteiger partial charge in [0.25, 0.3) is 0 Å². The van der Waals surface area contributed by atoms with Gasteiger partial charge in [0.1, 0.15) is 11.5 Å². The number of rotatable bonds is 4. The van der Waals surface area contributed by atoms with Gasteiger partial charge in [0.05, 0.1) is 11.0 Å². The van der Waals surface area contributed by atoms with Gasteiger partial charge in [0, 0.05) is 22.3 Å². The molecule has 54 heavy (non-hydrogen) atoms. The summed E-state index contributed by atoms with van der Waals surface area (Å²) in [6, 6.07) is 66.0. The Morgan fingerprint density at radius 1 is 0.333 bits per heavy atom. The maximum atomic E-state index is 7.16. The minimum atomic E-state index is -0.627. The molecule has 0 N–H and O–H groups in total. The first-order valence-corrected chi connectivity index (χ1v) is 18.3. The smallest absolute Gasteiger partial charge is 0.167 e. The summed E-state index contributed by atoms with van der Waals surface area (Å²) in [4.78, 5) is 15.5. The van der Waals surface area contributed by atoms with Crippen molar-refractivity contribution in [2.24, 2.45) is 0 Å². The molecule has 252 valence electrons. The lowest BCUT2D eigenvalue weighted by Gasteiger charge is -2.40. The Morgan fingerprint density at radius 3 is 1.56 bits per heavy atom. The van der Waals surface area contributed by atoms with E-state index < -0.39 is 5.41 Å². The first kappa shape index (κ1) is 30.5. The van der Waals surface area contributed by atoms with E-state index in [0.29, 0.717) is 17.5 Å². The van der Waals surface area contributed by atoms with E-state index in [2.05, 4.69) is 152 Å². The van der Waals surface area contributed by atoms with E-state index in [0.717, 1.165) is 55.8 Å². The summed E-state index contributed by atoms with van der Waals surface area (Å²) < 4.78 is 7.16. The highest BCUT2D eigenvalue weighted by molar-refractivity contribution is 5.94. The summed E-state index contributed by atoms with van der Waals surface area (Å²) in [5.74, 6) is 3.34. The maximum absolute atomic E-state index is 7.16. The van der Waals surface area contributed by atoms with Crippen molar-refractivity contribution in [2.75, 3.05) is 0 Å². The molecule has 1 spiro atoms. The first-order chi connectivity index (χ1) is 26.8. The molecule has 0 atom stereocenters. The van der Waals surface area contributed by atoms with Crippen LogP contribution in [0.15, 0.2) is 188 Å². The van der Waals surface area contributed by atoms with Crippen LogP contribution in [0.1, 0.15) is 22.3 Å². The van der Waals surface area contributed by atoms with E-state index in [-0.39, 0.29) is 0 Å². The average molecular weight is 690 g/mol. The van der Waals surface area contributed by atoms with Crippen molar-refractivity contribution in [1.82, 2.24) is 15.0 Å². The minimum absolute atomic E-state index is 0.555. The van der Waals surface area contributed by atoms with Crippen LogP contribution >= 0.6 is 0 Å². The predicted octanol–water partition coefficient (Wildman–Crippen LogP) is 12.2. The van der Waals surface area contributed by atoms with Crippen molar-refractivity contribution < 1.29 is 4.74 Å². The van der Waals surface area contributed by atoms with E-state index in [9.17, 15) is 0 Å². The van der Waals surface area contributed by atoms with Crippen molar-refractivity contribution in [3.05, 3.63) is 210 Å². The van der Waals surface area contributed by atoms with Crippen molar-refractivity contribution >= 4 is 10.8 Å². The van der Waals surface area contributed by atoms with Crippen molar-refractivity contribution in [1.29, 1.82) is 0 Å². The summed E-state index contributed by atoms with van der Waals surface area (Å²) in [5.41, 5.74) is 11.4. The fourth-order valence-corrected chi connectivity index (χ4v) is 8.60. The molecular weight excluding hydrogens is 659 g/mol. The van der Waals surface area contributed by atoms with Crippen LogP contribution in [-0.4, -0.2) is 15.0 Å². The Labute approximate surface area is 313 Å². The molecule has 2 aliphatic rings. The van der Waals surface area contributed by atoms with Crippen LogP contribution in [0.4, 0.5) is 0 Å². The number of ether oxygens (including phenoxy) is 1. The molecule has 1 aliphatic carbocycles. The third-order valence-electron chi connectivity index (χ3n) is 11.0. The molecule has 1 aromatic heterocycles. The number of fused-ring (bicyclic) bond motifs is 10. The number of hydrogen-bond donors (Lipinski definition) is 0. The van der Waals surface area contributed by atoms with Gasteiger partial charge >= 0.3 is 0 Å². The van der Waals surface area contributed by atoms with Crippen molar-refractivity contribution in [2.45, 2.75) is 5.41 Å². The van der Waals surface area contributed by atoms with Crippen LogP contribution < -0.4 is 4.74 Å². The molecule has 0 bridgehead atoms. The van der Waals surface area contributed by atoms with Gasteiger partial charge in [0.2, 0.25) is 0 Å². The van der Waals surface area contributed by atoms with E-state index >= 15 is 0 Å². The lowest BCUT2D eigenvalue weighted by Crippen LogP contribution is -2.32. The van der Waals surface area contributed by atoms with Crippen molar-refractivity contribution in [3.8, 4) is 67.9 Å². The third-order valence-corrected chi connectivity index (χ3v) is 11.0. The SMILES string of the molecule is c1ccc(-c2cccc(-c3nc(-c4ccccc4)nc(-c4cccc5c4Oc4cc6ccccc6cc4C54c5ccccc5-c5ccccc54)n3)c2)cc1. The van der Waals surface area contributed by atoms with Gasteiger partial charge in [-0.05, 0) is 68.4 Å².